The topological polar surface area (TPSA) is 88.6 Å². The highest BCUT2D eigenvalue weighted by molar-refractivity contribution is 5.89. The van der Waals surface area contributed by atoms with Crippen molar-refractivity contribution in [1.82, 2.24) is 14.7 Å². The van der Waals surface area contributed by atoms with E-state index in [0.29, 0.717) is 63.8 Å². The van der Waals surface area contributed by atoms with Crippen LogP contribution >= 0.6 is 0 Å². The van der Waals surface area contributed by atoms with Gasteiger partial charge in [0.15, 0.2) is 11.5 Å². The molecular weight excluding hydrogens is 426 g/mol. The van der Waals surface area contributed by atoms with Crippen LogP contribution in [0.2, 0.25) is 0 Å². The van der Waals surface area contributed by atoms with Crippen LogP contribution in [0.15, 0.2) is 18.2 Å². The van der Waals surface area contributed by atoms with Gasteiger partial charge in [-0.05, 0) is 37.0 Å². The monoisotopic (exact) mass is 459 g/mol. The Bertz CT molecular complexity index is 877. The number of hydrogen-bond donors (Lipinski definition) is 0. The summed E-state index contributed by atoms with van der Waals surface area (Å²) in [6, 6.07) is 5.73. The van der Waals surface area contributed by atoms with Crippen molar-refractivity contribution in [1.29, 1.82) is 0 Å². The molecule has 0 bridgehead atoms. The van der Waals surface area contributed by atoms with Crippen molar-refractivity contribution in [3.8, 4) is 11.5 Å². The maximum atomic E-state index is 13.0. The Labute approximate surface area is 194 Å². The first-order valence-corrected chi connectivity index (χ1v) is 11.7. The highest BCUT2D eigenvalue weighted by Crippen LogP contribution is 2.28. The minimum atomic E-state index is -0.320. The Balaban J connectivity index is 1.26. The summed E-state index contributed by atoms with van der Waals surface area (Å²) in [5.41, 5.74) is 1.04. The van der Waals surface area contributed by atoms with E-state index in [9.17, 15) is 14.4 Å². The third-order valence-electron chi connectivity index (χ3n) is 6.79. The van der Waals surface area contributed by atoms with E-state index in [-0.39, 0.29) is 36.2 Å². The highest BCUT2D eigenvalue weighted by atomic mass is 16.5. The van der Waals surface area contributed by atoms with E-state index in [0.717, 1.165) is 18.4 Å². The number of piperazine rings is 1. The fraction of sp³-hybridized carbons (Fsp3) is 0.625. The molecule has 3 aliphatic rings. The van der Waals surface area contributed by atoms with Gasteiger partial charge in [-0.1, -0.05) is 6.07 Å². The van der Waals surface area contributed by atoms with Crippen LogP contribution in [0.5, 0.6) is 11.5 Å². The lowest BCUT2D eigenvalue weighted by atomic mass is 10.1. The minimum absolute atomic E-state index is 0.0148. The van der Waals surface area contributed by atoms with Gasteiger partial charge < -0.3 is 28.9 Å². The fourth-order valence-electron chi connectivity index (χ4n) is 4.84. The normalized spacial score (nSPS) is 23.2. The Morgan fingerprint density at radius 2 is 1.73 bits per heavy atom. The standard InChI is InChI=1S/C24H33N3O6/c1-31-19-6-5-17(14-21(19)32-2)7-8-27-16-18(15-22(27)28)23(29)25-9-11-26(12-10-25)24(30)20-4-3-13-33-20/h5-6,14,18,20H,3-4,7-13,15-16H2,1-2H3/t18-,20-/m0/s1. The molecule has 9 heteroatoms. The van der Waals surface area contributed by atoms with Crippen LogP contribution < -0.4 is 9.47 Å². The van der Waals surface area contributed by atoms with Crippen LogP contribution in [0.1, 0.15) is 24.8 Å². The average Bonchev–Trinajstić information content (AvgIpc) is 3.52. The number of ether oxygens (including phenoxy) is 3. The fourth-order valence-corrected chi connectivity index (χ4v) is 4.84. The van der Waals surface area contributed by atoms with Crippen molar-refractivity contribution >= 4 is 17.7 Å². The number of carbonyl (C=O) groups is 3. The molecule has 9 nitrogen and oxygen atoms in total. The number of likely N-dealkylation sites (tertiary alicyclic amines) is 1. The molecule has 3 heterocycles. The van der Waals surface area contributed by atoms with Crippen LogP contribution in [0.25, 0.3) is 0 Å². The van der Waals surface area contributed by atoms with Gasteiger partial charge >= 0.3 is 0 Å². The van der Waals surface area contributed by atoms with Crippen LogP contribution in [-0.4, -0.2) is 98.6 Å². The number of carbonyl (C=O) groups excluding carboxylic acids is 3. The first-order valence-electron chi connectivity index (χ1n) is 11.7. The van der Waals surface area contributed by atoms with Crippen molar-refractivity contribution in [2.75, 3.05) is 60.1 Å². The van der Waals surface area contributed by atoms with Gasteiger partial charge in [-0.25, -0.2) is 0 Å². The molecule has 0 aliphatic carbocycles. The van der Waals surface area contributed by atoms with Gasteiger partial charge in [0.1, 0.15) is 6.10 Å². The first kappa shape index (κ1) is 23.4. The van der Waals surface area contributed by atoms with E-state index in [2.05, 4.69) is 0 Å². The lowest BCUT2D eigenvalue weighted by Gasteiger charge is -2.36. The summed E-state index contributed by atoms with van der Waals surface area (Å²) in [7, 11) is 3.19. The van der Waals surface area contributed by atoms with Gasteiger partial charge in [-0.15, -0.1) is 0 Å². The summed E-state index contributed by atoms with van der Waals surface area (Å²) in [4.78, 5) is 43.5. The molecule has 3 amide bonds. The summed E-state index contributed by atoms with van der Waals surface area (Å²) in [5.74, 6) is 1.08. The molecule has 0 unspecified atom stereocenters. The zero-order valence-corrected chi connectivity index (χ0v) is 19.5. The largest absolute Gasteiger partial charge is 0.493 e. The highest BCUT2D eigenvalue weighted by Gasteiger charge is 2.38. The maximum absolute atomic E-state index is 13.0. The smallest absolute Gasteiger partial charge is 0.251 e. The molecule has 0 radical (unpaired) electrons. The van der Waals surface area contributed by atoms with E-state index in [1.54, 1.807) is 28.9 Å². The molecule has 3 fully saturated rings. The van der Waals surface area contributed by atoms with Gasteiger partial charge in [-0.3, -0.25) is 14.4 Å². The van der Waals surface area contributed by atoms with Gasteiger partial charge in [0.2, 0.25) is 11.8 Å². The Hall–Kier alpha value is -2.81. The number of benzene rings is 1. The first-order chi connectivity index (χ1) is 16.0. The van der Waals surface area contributed by atoms with Crippen LogP contribution in [-0.2, 0) is 25.5 Å². The molecule has 3 saturated heterocycles. The number of amides is 3. The summed E-state index contributed by atoms with van der Waals surface area (Å²) in [6.07, 6.45) is 2.31. The molecule has 0 spiro atoms. The number of hydrogen-bond acceptors (Lipinski definition) is 6. The van der Waals surface area contributed by atoms with Crippen molar-refractivity contribution < 1.29 is 28.6 Å². The molecule has 0 aromatic heterocycles. The Morgan fingerprint density at radius 3 is 2.36 bits per heavy atom. The van der Waals surface area contributed by atoms with Gasteiger partial charge in [-0.2, -0.15) is 0 Å². The average molecular weight is 460 g/mol. The predicted molar refractivity (Wildman–Crippen MR) is 120 cm³/mol. The van der Waals surface area contributed by atoms with Crippen LogP contribution in [0, 0.1) is 5.92 Å². The summed E-state index contributed by atoms with van der Waals surface area (Å²) < 4.78 is 16.1. The molecule has 4 rings (SSSR count). The predicted octanol–water partition coefficient (Wildman–Crippen LogP) is 0.945. The van der Waals surface area contributed by atoms with Gasteiger partial charge in [0.25, 0.3) is 5.91 Å². The van der Waals surface area contributed by atoms with E-state index in [1.807, 2.05) is 18.2 Å². The second kappa shape index (κ2) is 10.4. The van der Waals surface area contributed by atoms with E-state index < -0.39 is 0 Å². The van der Waals surface area contributed by atoms with Gasteiger partial charge in [0.05, 0.1) is 20.1 Å². The maximum Gasteiger partial charge on any atom is 0.251 e. The molecule has 2 atom stereocenters. The molecule has 33 heavy (non-hydrogen) atoms. The summed E-state index contributed by atoms with van der Waals surface area (Å²) in [5, 5.41) is 0. The van der Waals surface area contributed by atoms with Crippen molar-refractivity contribution in [3.05, 3.63) is 23.8 Å². The zero-order valence-electron chi connectivity index (χ0n) is 19.5. The summed E-state index contributed by atoms with van der Waals surface area (Å²) in [6.45, 7) is 3.71. The number of methoxy groups -OCH3 is 2. The molecule has 1 aromatic rings. The number of rotatable bonds is 7. The van der Waals surface area contributed by atoms with E-state index in [4.69, 9.17) is 14.2 Å². The van der Waals surface area contributed by atoms with Crippen LogP contribution in [0.3, 0.4) is 0 Å². The second-order valence-corrected chi connectivity index (χ2v) is 8.83. The van der Waals surface area contributed by atoms with Crippen molar-refractivity contribution in [3.63, 3.8) is 0 Å². The molecular formula is C24H33N3O6. The van der Waals surface area contributed by atoms with Crippen molar-refractivity contribution in [2.45, 2.75) is 31.8 Å². The second-order valence-electron chi connectivity index (χ2n) is 8.83. The van der Waals surface area contributed by atoms with E-state index >= 15 is 0 Å². The lowest BCUT2D eigenvalue weighted by molar-refractivity contribution is -0.147. The lowest BCUT2D eigenvalue weighted by Crippen LogP contribution is -2.54. The summed E-state index contributed by atoms with van der Waals surface area (Å²) >= 11 is 0. The Kier molecular flexibility index (Phi) is 7.37. The van der Waals surface area contributed by atoms with Crippen molar-refractivity contribution in [2.24, 2.45) is 5.92 Å². The Morgan fingerprint density at radius 1 is 1.03 bits per heavy atom. The molecule has 0 N–H and O–H groups in total. The molecule has 180 valence electrons. The zero-order chi connectivity index (χ0) is 23.4. The minimum Gasteiger partial charge on any atom is -0.493 e. The third-order valence-corrected chi connectivity index (χ3v) is 6.79. The van der Waals surface area contributed by atoms with Gasteiger partial charge in [0, 0.05) is 52.3 Å². The van der Waals surface area contributed by atoms with Crippen LogP contribution in [0.4, 0.5) is 0 Å². The third kappa shape index (κ3) is 5.24. The SMILES string of the molecule is COc1ccc(CCN2C[C@@H](C(=O)N3CCN(C(=O)[C@@H]4CCCO4)CC3)CC2=O)cc1OC. The molecule has 3 aliphatic heterocycles. The molecule has 1 aromatic carbocycles. The molecule has 0 saturated carbocycles. The van der Waals surface area contributed by atoms with E-state index in [1.165, 1.54) is 0 Å². The number of nitrogens with zero attached hydrogens (tertiary/aromatic N) is 3. The quantitative estimate of drug-likeness (QED) is 0.603.